The Bertz CT molecular complexity index is 8430. The van der Waals surface area contributed by atoms with E-state index in [9.17, 15) is 0 Å². The Kier molecular flexibility index (Phi) is 17.4. The van der Waals surface area contributed by atoms with E-state index < -0.39 is 0 Å². The zero-order valence-corrected chi connectivity index (χ0v) is 73.4. The second-order valence-electron chi connectivity index (χ2n) is 34.4. The SMILES string of the molecule is c1ccc(-c2cccc(-c3ccccc3)c2N2c3ccccc3B3c4cc5c(cc4N(c4ccccc4)c4cc(N(c6ccccc6)c6cccc7sc8ccccc8c67)cc2c43)N(c2cccc3sc4ccccc4c23)c2cc(N(c3ccccc3)c3cccc4sc6ccccc6c34)cc3c2B5c2ccccc2N3c2c(-c3ccccc3)cccc2-c2ccccc2)cc1. The molecule has 27 rings (SSSR count). The predicted molar refractivity (Wildman–Crippen MR) is 564 cm³/mol. The van der Waals surface area contributed by atoms with Gasteiger partial charge in [0, 0.05) is 145 Å². The summed E-state index contributed by atoms with van der Waals surface area (Å²) in [6, 6.07) is 174. The lowest BCUT2D eigenvalue weighted by Crippen LogP contribution is -2.65. The zero-order valence-electron chi connectivity index (χ0n) is 70.9. The third-order valence-corrected chi connectivity index (χ3v) is 30.7. The first-order chi connectivity index (χ1) is 65.1. The average molecular weight is 1720 g/mol. The summed E-state index contributed by atoms with van der Waals surface area (Å²) in [4.78, 5) is 15.9. The van der Waals surface area contributed by atoms with Crippen LogP contribution in [0.3, 0.4) is 0 Å². The summed E-state index contributed by atoms with van der Waals surface area (Å²) in [6.45, 7) is -0.682. The molecule has 0 fully saturated rings. The van der Waals surface area contributed by atoms with Gasteiger partial charge in [0.2, 0.25) is 0 Å². The Hall–Kier alpha value is -16.0. The van der Waals surface area contributed by atoms with E-state index in [4.69, 9.17) is 0 Å². The van der Waals surface area contributed by atoms with Gasteiger partial charge in [-0.1, -0.05) is 328 Å². The van der Waals surface area contributed by atoms with E-state index in [0.29, 0.717) is 0 Å². The van der Waals surface area contributed by atoms with Crippen molar-refractivity contribution < 1.29 is 0 Å². The van der Waals surface area contributed by atoms with E-state index in [2.05, 4.69) is 490 Å². The molecule has 131 heavy (non-hydrogen) atoms. The number of rotatable bonds is 14. The molecule has 23 aromatic rings. The summed E-state index contributed by atoms with van der Waals surface area (Å²) < 4.78 is 7.42. The summed E-state index contributed by atoms with van der Waals surface area (Å²) in [6.07, 6.45) is 0. The number of anilines is 18. The largest absolute Gasteiger partial charge is 0.311 e. The van der Waals surface area contributed by atoms with Crippen LogP contribution in [-0.2, 0) is 0 Å². The van der Waals surface area contributed by atoms with Gasteiger partial charge in [-0.2, -0.15) is 0 Å². The van der Waals surface area contributed by atoms with Crippen LogP contribution >= 0.6 is 34.0 Å². The van der Waals surface area contributed by atoms with Crippen LogP contribution < -0.4 is 62.2 Å². The van der Waals surface area contributed by atoms with Gasteiger partial charge in [-0.05, 0) is 188 Å². The van der Waals surface area contributed by atoms with E-state index in [1.807, 2.05) is 34.0 Å². The Morgan fingerprint density at radius 1 is 0.191 bits per heavy atom. The van der Waals surface area contributed by atoms with E-state index >= 15 is 0 Å². The van der Waals surface area contributed by atoms with Crippen molar-refractivity contribution in [1.82, 2.24) is 0 Å². The van der Waals surface area contributed by atoms with E-state index in [0.717, 1.165) is 147 Å². The van der Waals surface area contributed by atoms with Crippen LogP contribution in [-0.4, -0.2) is 13.4 Å². The highest BCUT2D eigenvalue weighted by Crippen LogP contribution is 2.59. The van der Waals surface area contributed by atoms with Gasteiger partial charge in [0.25, 0.3) is 13.4 Å². The first-order valence-corrected chi connectivity index (χ1v) is 47.4. The van der Waals surface area contributed by atoms with Crippen LogP contribution in [0.1, 0.15) is 0 Å². The van der Waals surface area contributed by atoms with Crippen molar-refractivity contribution in [3.05, 3.63) is 461 Å². The Morgan fingerprint density at radius 3 is 0.916 bits per heavy atom. The third kappa shape index (κ3) is 11.7. The summed E-state index contributed by atoms with van der Waals surface area (Å²) in [5.41, 5.74) is 35.7. The van der Waals surface area contributed by atoms with Crippen molar-refractivity contribution in [2.75, 3.05) is 29.4 Å². The standard InChI is InChI=1S/C120H76B2N6S3/c1-8-37-77(38-9-1)86-54-32-55-87(78-39-10-2-11-40-78)119(86)127-97-60-27-25-58-93(97)121-95-75-96-103(76-102(95)125(83-49-20-7-21-50-83)104-71-84(73-106(127)117(104)121)123(81-45-16-5-17-46-81)99-62-34-68-111-114(99)90-51-22-29-65-108(90)129-111)126(101-64-36-70-113-116(101)92-53-24-31-67-110(92)131-113)105-72-85(124(82-47-18-6-19-48-82)100-63-35-69-112-115(100)91-52-23-30-66-109(91)130-112)74-107-118(105)122(96)94-59-26-28-61-98(94)128(107)120-88(79-41-12-3-13-42-79)56-33-57-89(120)80-43-14-4-15-44-80/h1-76H. The number of hydrogen-bond acceptors (Lipinski definition) is 9. The minimum atomic E-state index is -0.347. The summed E-state index contributed by atoms with van der Waals surface area (Å²) in [5.74, 6) is 0. The quantitative estimate of drug-likeness (QED) is 0.100. The van der Waals surface area contributed by atoms with Crippen molar-refractivity contribution in [2.24, 2.45) is 0 Å². The molecular weight excluding hydrogens is 1640 g/mol. The molecule has 20 aromatic carbocycles. The van der Waals surface area contributed by atoms with Gasteiger partial charge in [-0.25, -0.2) is 0 Å². The molecule has 0 saturated carbocycles. The van der Waals surface area contributed by atoms with Crippen LogP contribution in [0.2, 0.25) is 0 Å². The molecule has 0 spiro atoms. The van der Waals surface area contributed by atoms with E-state index in [-0.39, 0.29) is 13.4 Å². The summed E-state index contributed by atoms with van der Waals surface area (Å²) >= 11 is 5.59. The van der Waals surface area contributed by atoms with Gasteiger partial charge in [-0.3, -0.25) is 0 Å². The number of thiophene rings is 3. The highest BCUT2D eigenvalue weighted by atomic mass is 32.1. The number of hydrogen-bond donors (Lipinski definition) is 0. The lowest BCUT2D eigenvalue weighted by atomic mass is 9.30. The topological polar surface area (TPSA) is 19.4 Å². The molecule has 0 aliphatic carbocycles. The Balaban J connectivity index is 0.807. The minimum Gasteiger partial charge on any atom is -0.311 e. The molecule has 0 radical (unpaired) electrons. The maximum Gasteiger partial charge on any atom is 0.252 e. The van der Waals surface area contributed by atoms with Crippen LogP contribution in [0.5, 0.6) is 0 Å². The normalized spacial score (nSPS) is 12.8. The maximum atomic E-state index is 2.73. The van der Waals surface area contributed by atoms with Gasteiger partial charge in [0.1, 0.15) is 0 Å². The fourth-order valence-electron chi connectivity index (χ4n) is 22.0. The number of benzene rings is 20. The van der Waals surface area contributed by atoms with Crippen LogP contribution in [0.25, 0.3) is 105 Å². The van der Waals surface area contributed by atoms with Gasteiger partial charge < -0.3 is 29.4 Å². The van der Waals surface area contributed by atoms with E-state index in [1.54, 1.807) is 0 Å². The second-order valence-corrected chi connectivity index (χ2v) is 37.6. The van der Waals surface area contributed by atoms with Gasteiger partial charge in [-0.15, -0.1) is 34.0 Å². The number of para-hydroxylation sites is 7. The fraction of sp³-hybridized carbons (Fsp3) is 0. The fourth-order valence-corrected chi connectivity index (χ4v) is 25.4. The summed E-state index contributed by atoms with van der Waals surface area (Å²) in [7, 11) is 0. The molecule has 0 atom stereocenters. The second kappa shape index (κ2) is 30.3. The highest BCUT2D eigenvalue weighted by Gasteiger charge is 2.50. The molecule has 4 aliphatic rings. The third-order valence-electron chi connectivity index (χ3n) is 27.3. The summed E-state index contributed by atoms with van der Waals surface area (Å²) in [5, 5.41) is 7.32. The predicted octanol–water partition coefficient (Wildman–Crippen LogP) is 30.6. The van der Waals surface area contributed by atoms with Gasteiger partial charge >= 0.3 is 0 Å². The molecule has 0 unspecified atom stereocenters. The molecule has 11 heteroatoms. The number of fused-ring (bicyclic) bond motifs is 17. The molecule has 0 amide bonds. The first kappa shape index (κ1) is 75.2. The molecule has 7 heterocycles. The molecular formula is C120H76B2N6S3. The molecule has 0 saturated heterocycles. The molecule has 4 aliphatic heterocycles. The minimum absolute atomic E-state index is 0.335. The van der Waals surface area contributed by atoms with Crippen molar-refractivity contribution >= 4 is 243 Å². The molecule has 610 valence electrons. The molecule has 0 bridgehead atoms. The van der Waals surface area contributed by atoms with Crippen LogP contribution in [0.4, 0.5) is 102 Å². The van der Waals surface area contributed by atoms with Gasteiger partial charge in [0.05, 0.1) is 39.8 Å². The monoisotopic (exact) mass is 1720 g/mol. The molecule has 6 nitrogen and oxygen atoms in total. The lowest BCUT2D eigenvalue weighted by molar-refractivity contribution is 1.22. The molecule has 0 N–H and O–H groups in total. The molecule has 3 aromatic heterocycles. The first-order valence-electron chi connectivity index (χ1n) is 44.9. The number of nitrogens with zero attached hydrogens (tertiary/aromatic N) is 6. The van der Waals surface area contributed by atoms with Gasteiger partial charge in [0.15, 0.2) is 0 Å². The Morgan fingerprint density at radius 2 is 0.496 bits per heavy atom. The smallest absolute Gasteiger partial charge is 0.252 e. The van der Waals surface area contributed by atoms with Crippen molar-refractivity contribution in [3.8, 4) is 44.5 Å². The van der Waals surface area contributed by atoms with Crippen LogP contribution in [0.15, 0.2) is 461 Å². The highest BCUT2D eigenvalue weighted by molar-refractivity contribution is 7.26. The average Bonchev–Trinajstić information content (AvgIpc) is 0.947. The van der Waals surface area contributed by atoms with Crippen molar-refractivity contribution in [2.45, 2.75) is 0 Å². The van der Waals surface area contributed by atoms with Crippen molar-refractivity contribution in [1.29, 1.82) is 0 Å². The van der Waals surface area contributed by atoms with E-state index in [1.165, 1.54) is 93.3 Å². The lowest BCUT2D eigenvalue weighted by Gasteiger charge is -2.48. The van der Waals surface area contributed by atoms with Crippen molar-refractivity contribution in [3.63, 3.8) is 0 Å². The maximum absolute atomic E-state index is 2.73. The zero-order chi connectivity index (χ0) is 85.9. The van der Waals surface area contributed by atoms with Crippen LogP contribution in [0, 0.1) is 0 Å². The Labute approximate surface area is 772 Å².